The molecule has 0 amide bonds. The summed E-state index contributed by atoms with van der Waals surface area (Å²) in [5.41, 5.74) is -0.234. The summed E-state index contributed by atoms with van der Waals surface area (Å²) in [6.45, 7) is 12.9. The van der Waals surface area contributed by atoms with Gasteiger partial charge in [0.1, 0.15) is 42.7 Å². The molecule has 13 nitrogen and oxygen atoms in total. The topological polar surface area (TPSA) is 216 Å². The van der Waals surface area contributed by atoms with E-state index in [2.05, 4.69) is 47.6 Å². The standard InChI is InChI=1S/C41H66O13/c1-36(2)13-15-41(35(49)50)16-14-39(5)21(22(41)17-36)7-8-26-37(3)11-10-27(38(4,20-43)25(37)9-12-40(26,39)6)54-33-31(47)29(45)24(19-51-33)53-34-32(48)30(46)28(44)23(18-42)52-34/h7,22-34,42-48H,8-20H2,1-6H3,(H,49,50)/t22-,23-,24+,25+,26-,27+,28-,29+,30+,31-,32-,33+,34+,37+,38-,39-,40-,41+/m1/s1. The fourth-order valence-electron chi connectivity index (χ4n) is 13.4. The number of carboxylic acids is 1. The predicted molar refractivity (Wildman–Crippen MR) is 193 cm³/mol. The van der Waals surface area contributed by atoms with Crippen molar-refractivity contribution in [3.8, 4) is 0 Å². The van der Waals surface area contributed by atoms with E-state index in [1.165, 1.54) is 5.57 Å². The number of hydrogen-bond donors (Lipinski definition) is 8. The van der Waals surface area contributed by atoms with Gasteiger partial charge in [-0.25, -0.2) is 0 Å². The SMILES string of the molecule is CC1(C)CC[C@]2(C(=O)O)CC[C@]3(C)C(=CC[C@@H]4[C@@]5(C)CC[C@H](O[C@@H]6OC[C@H](O[C@@H]7O[C@H](CO)[C@@H](O)[C@H](O)[C@H]7O)[C@H](O)[C@H]6O)[C@](C)(CO)[C@H]5CC[C@]43C)[C@H]2C1. The molecule has 7 rings (SSSR count). The summed E-state index contributed by atoms with van der Waals surface area (Å²) in [4.78, 5) is 13.0. The molecular weight excluding hydrogens is 700 g/mol. The molecule has 8 N–H and O–H groups in total. The highest BCUT2D eigenvalue weighted by molar-refractivity contribution is 5.76. The van der Waals surface area contributed by atoms with E-state index in [-0.39, 0.29) is 46.7 Å². The largest absolute Gasteiger partial charge is 0.481 e. The van der Waals surface area contributed by atoms with Gasteiger partial charge < -0.3 is 59.8 Å². The molecule has 308 valence electrons. The highest BCUT2D eigenvalue weighted by atomic mass is 16.7. The Morgan fingerprint density at radius 3 is 2.15 bits per heavy atom. The van der Waals surface area contributed by atoms with Crippen LogP contribution in [0.1, 0.15) is 106 Å². The highest BCUT2D eigenvalue weighted by Crippen LogP contribution is 2.76. The minimum absolute atomic E-state index is 0.0344. The first kappa shape index (κ1) is 40.9. The van der Waals surface area contributed by atoms with Crippen molar-refractivity contribution < 1.29 is 64.6 Å². The molecule has 6 fully saturated rings. The first-order valence-corrected chi connectivity index (χ1v) is 20.4. The summed E-state index contributed by atoms with van der Waals surface area (Å²) in [6.07, 6.45) is -2.86. The number of aliphatic hydroxyl groups is 7. The Morgan fingerprint density at radius 2 is 1.48 bits per heavy atom. The van der Waals surface area contributed by atoms with Crippen LogP contribution in [0.25, 0.3) is 0 Å². The number of carbonyl (C=O) groups is 1. The molecule has 13 heteroatoms. The number of rotatable bonds is 7. The lowest BCUT2D eigenvalue weighted by molar-refractivity contribution is -0.352. The van der Waals surface area contributed by atoms with Crippen LogP contribution in [0.3, 0.4) is 0 Å². The van der Waals surface area contributed by atoms with Crippen LogP contribution in [0, 0.1) is 50.2 Å². The number of fused-ring (bicyclic) bond motifs is 7. The van der Waals surface area contributed by atoms with E-state index < -0.39 is 84.8 Å². The quantitative estimate of drug-likeness (QED) is 0.138. The minimum Gasteiger partial charge on any atom is -0.481 e. The summed E-state index contributed by atoms with van der Waals surface area (Å²) in [5.74, 6) is -0.194. The second-order valence-corrected chi connectivity index (χ2v) is 20.1. The molecule has 0 bridgehead atoms. The Bertz CT molecular complexity index is 1450. The molecule has 4 saturated carbocycles. The maximum Gasteiger partial charge on any atom is 0.310 e. The average Bonchev–Trinajstić information content (AvgIpc) is 3.12. The van der Waals surface area contributed by atoms with Gasteiger partial charge in [-0.3, -0.25) is 4.79 Å². The van der Waals surface area contributed by atoms with Crippen LogP contribution in [0.4, 0.5) is 0 Å². The first-order valence-electron chi connectivity index (χ1n) is 20.4. The van der Waals surface area contributed by atoms with Crippen LogP contribution < -0.4 is 0 Å². The van der Waals surface area contributed by atoms with E-state index in [1.807, 2.05) is 0 Å². The van der Waals surface area contributed by atoms with Crippen LogP contribution in [0.15, 0.2) is 11.6 Å². The van der Waals surface area contributed by atoms with Gasteiger partial charge in [0.25, 0.3) is 0 Å². The zero-order chi connectivity index (χ0) is 39.4. The lowest BCUT2D eigenvalue weighted by Crippen LogP contribution is -2.67. The Labute approximate surface area is 319 Å². The zero-order valence-corrected chi connectivity index (χ0v) is 32.9. The van der Waals surface area contributed by atoms with Crippen LogP contribution in [0.2, 0.25) is 0 Å². The van der Waals surface area contributed by atoms with Gasteiger partial charge in [-0.05, 0) is 104 Å². The van der Waals surface area contributed by atoms with Crippen molar-refractivity contribution in [2.45, 2.75) is 167 Å². The van der Waals surface area contributed by atoms with Crippen molar-refractivity contribution in [1.29, 1.82) is 0 Å². The number of aliphatic carboxylic acids is 1. The molecule has 54 heavy (non-hydrogen) atoms. The molecule has 0 aromatic heterocycles. The molecule has 2 saturated heterocycles. The van der Waals surface area contributed by atoms with Crippen LogP contribution in [-0.4, -0.2) is 128 Å². The fourth-order valence-corrected chi connectivity index (χ4v) is 13.4. The summed E-state index contributed by atoms with van der Waals surface area (Å²) in [6, 6.07) is 0. The predicted octanol–water partition coefficient (Wildman–Crippen LogP) is 2.49. The average molecular weight is 767 g/mol. The molecule has 2 aliphatic heterocycles. The van der Waals surface area contributed by atoms with Crippen molar-refractivity contribution in [3.63, 3.8) is 0 Å². The van der Waals surface area contributed by atoms with Crippen molar-refractivity contribution in [1.82, 2.24) is 0 Å². The fraction of sp³-hybridized carbons (Fsp3) is 0.927. The maximum absolute atomic E-state index is 13.0. The van der Waals surface area contributed by atoms with Gasteiger partial charge in [0, 0.05) is 5.41 Å². The smallest absolute Gasteiger partial charge is 0.310 e. The maximum atomic E-state index is 13.0. The molecule has 5 aliphatic carbocycles. The minimum atomic E-state index is -1.68. The van der Waals surface area contributed by atoms with Crippen molar-refractivity contribution in [2.24, 2.45) is 50.2 Å². The van der Waals surface area contributed by atoms with Crippen molar-refractivity contribution in [3.05, 3.63) is 11.6 Å². The van der Waals surface area contributed by atoms with E-state index >= 15 is 0 Å². The number of allylic oxidation sites excluding steroid dienone is 2. The van der Waals surface area contributed by atoms with Crippen molar-refractivity contribution >= 4 is 5.97 Å². The van der Waals surface area contributed by atoms with Crippen LogP contribution in [-0.2, 0) is 23.7 Å². The lowest BCUT2D eigenvalue weighted by atomic mass is 9.33. The number of ether oxygens (including phenoxy) is 4. The van der Waals surface area contributed by atoms with Gasteiger partial charge in [0.15, 0.2) is 12.6 Å². The first-order chi connectivity index (χ1) is 25.2. The molecule has 2 heterocycles. The summed E-state index contributed by atoms with van der Waals surface area (Å²) >= 11 is 0. The van der Waals surface area contributed by atoms with Crippen molar-refractivity contribution in [2.75, 3.05) is 19.8 Å². The third-order valence-electron chi connectivity index (χ3n) is 17.0. The normalized spacial score (nSPS) is 54.3. The second-order valence-electron chi connectivity index (χ2n) is 20.1. The van der Waals surface area contributed by atoms with Crippen LogP contribution >= 0.6 is 0 Å². The summed E-state index contributed by atoms with van der Waals surface area (Å²) in [5, 5.41) is 84.5. The van der Waals surface area contributed by atoms with Gasteiger partial charge in [0.05, 0.1) is 31.3 Å². The molecular formula is C41H66O13. The zero-order valence-electron chi connectivity index (χ0n) is 32.9. The molecule has 0 unspecified atom stereocenters. The summed E-state index contributed by atoms with van der Waals surface area (Å²) in [7, 11) is 0. The van der Waals surface area contributed by atoms with Crippen LogP contribution in [0.5, 0.6) is 0 Å². The molecule has 18 atom stereocenters. The van der Waals surface area contributed by atoms with E-state index in [4.69, 9.17) is 18.9 Å². The van der Waals surface area contributed by atoms with E-state index in [9.17, 15) is 45.6 Å². The monoisotopic (exact) mass is 766 g/mol. The molecule has 0 aromatic rings. The Balaban J connectivity index is 1.08. The molecule has 7 aliphatic rings. The van der Waals surface area contributed by atoms with Gasteiger partial charge >= 0.3 is 5.97 Å². The van der Waals surface area contributed by atoms with Gasteiger partial charge in [-0.15, -0.1) is 0 Å². The number of hydrogen-bond acceptors (Lipinski definition) is 12. The Kier molecular flexibility index (Phi) is 10.6. The van der Waals surface area contributed by atoms with Gasteiger partial charge in [0.2, 0.25) is 0 Å². The van der Waals surface area contributed by atoms with Gasteiger partial charge in [-0.1, -0.05) is 53.2 Å². The summed E-state index contributed by atoms with van der Waals surface area (Å²) < 4.78 is 23.6. The third kappa shape index (κ3) is 5.92. The number of aliphatic hydroxyl groups excluding tert-OH is 7. The molecule has 0 spiro atoms. The van der Waals surface area contributed by atoms with Gasteiger partial charge in [-0.2, -0.15) is 0 Å². The number of carboxylic acid groups (broad SMARTS) is 1. The van der Waals surface area contributed by atoms with E-state index in [1.54, 1.807) is 0 Å². The second kappa shape index (κ2) is 14.0. The Morgan fingerprint density at radius 1 is 0.796 bits per heavy atom. The lowest BCUT2D eigenvalue weighted by Gasteiger charge is -2.71. The van der Waals surface area contributed by atoms with E-state index in [0.29, 0.717) is 18.8 Å². The molecule has 0 aromatic carbocycles. The Hall–Kier alpha value is -1.23. The van der Waals surface area contributed by atoms with E-state index in [0.717, 1.165) is 51.4 Å². The highest BCUT2D eigenvalue weighted by Gasteiger charge is 2.70. The molecule has 0 radical (unpaired) electrons. The third-order valence-corrected chi connectivity index (χ3v) is 17.0.